The zero-order valence-corrected chi connectivity index (χ0v) is 12.5. The minimum Gasteiger partial charge on any atom is -0.481 e. The molecule has 5 nitrogen and oxygen atoms in total. The van der Waals surface area contributed by atoms with Crippen LogP contribution in [-0.4, -0.2) is 26.2 Å². The molecular weight excluding hydrogens is 242 g/mol. The number of carboxylic acid groups (broad SMARTS) is 1. The number of nitrogens with one attached hydrogen (secondary N) is 1. The Bertz CT molecular complexity index is 436. The molecule has 108 valence electrons. The molecule has 0 amide bonds. The average Bonchev–Trinajstić information content (AvgIpc) is 2.74. The number of rotatable bonds is 7. The molecule has 0 saturated heterocycles. The van der Waals surface area contributed by atoms with Gasteiger partial charge in [0.25, 0.3) is 0 Å². The molecule has 0 aromatic carbocycles. The van der Waals surface area contributed by atoms with Crippen molar-refractivity contribution in [1.29, 1.82) is 0 Å². The summed E-state index contributed by atoms with van der Waals surface area (Å²) in [6.45, 7) is 11.0. The topological polar surface area (TPSA) is 67.2 Å². The van der Waals surface area contributed by atoms with Crippen molar-refractivity contribution in [3.63, 3.8) is 0 Å². The zero-order valence-electron chi connectivity index (χ0n) is 12.5. The molecule has 0 aliphatic heterocycles. The number of hydrogen-bond acceptors (Lipinski definition) is 3. The zero-order chi connectivity index (χ0) is 14.7. The summed E-state index contributed by atoms with van der Waals surface area (Å²) in [4.78, 5) is 15.5. The van der Waals surface area contributed by atoms with Gasteiger partial charge in [-0.2, -0.15) is 0 Å². The minimum atomic E-state index is -0.845. The van der Waals surface area contributed by atoms with Crippen molar-refractivity contribution in [3.05, 3.63) is 18.2 Å². The van der Waals surface area contributed by atoms with Crippen LogP contribution in [-0.2, 0) is 17.9 Å². The maximum Gasteiger partial charge on any atom is 0.310 e. The number of carbonyl (C=O) groups is 1. The molecule has 0 aliphatic rings. The van der Waals surface area contributed by atoms with Crippen LogP contribution in [0, 0.1) is 5.41 Å². The molecule has 1 rings (SSSR count). The third-order valence-electron chi connectivity index (χ3n) is 4.07. The van der Waals surface area contributed by atoms with E-state index in [-0.39, 0.29) is 0 Å². The van der Waals surface area contributed by atoms with Gasteiger partial charge in [0.05, 0.1) is 17.4 Å². The number of imidazole rings is 1. The van der Waals surface area contributed by atoms with Crippen LogP contribution < -0.4 is 5.32 Å². The highest BCUT2D eigenvalue weighted by molar-refractivity contribution is 5.75. The second kappa shape index (κ2) is 5.74. The molecule has 1 heterocycles. The van der Waals surface area contributed by atoms with Crippen LogP contribution in [0.3, 0.4) is 0 Å². The second-order valence-corrected chi connectivity index (χ2v) is 5.99. The monoisotopic (exact) mass is 267 g/mol. The molecule has 0 saturated carbocycles. The van der Waals surface area contributed by atoms with E-state index >= 15 is 0 Å². The summed E-state index contributed by atoms with van der Waals surface area (Å²) in [6, 6.07) is 0. The van der Waals surface area contributed by atoms with E-state index in [0.29, 0.717) is 6.54 Å². The van der Waals surface area contributed by atoms with E-state index in [0.717, 1.165) is 18.7 Å². The molecule has 0 bridgehead atoms. The van der Waals surface area contributed by atoms with Crippen LogP contribution in [0.4, 0.5) is 0 Å². The van der Waals surface area contributed by atoms with Gasteiger partial charge in [-0.25, -0.2) is 4.98 Å². The number of carboxylic acids is 1. The Hall–Kier alpha value is -1.36. The van der Waals surface area contributed by atoms with Crippen molar-refractivity contribution in [2.24, 2.45) is 5.41 Å². The quantitative estimate of drug-likeness (QED) is 0.795. The van der Waals surface area contributed by atoms with Crippen LogP contribution in [0.1, 0.15) is 46.7 Å². The van der Waals surface area contributed by atoms with Crippen molar-refractivity contribution in [3.8, 4) is 0 Å². The Morgan fingerprint density at radius 3 is 2.58 bits per heavy atom. The fourth-order valence-corrected chi connectivity index (χ4v) is 1.74. The Morgan fingerprint density at radius 1 is 1.42 bits per heavy atom. The summed E-state index contributed by atoms with van der Waals surface area (Å²) in [5.74, 6) is -0.799. The van der Waals surface area contributed by atoms with Gasteiger partial charge in [0, 0.05) is 24.8 Å². The average molecular weight is 267 g/mol. The highest BCUT2D eigenvalue weighted by Crippen LogP contribution is 2.30. The maximum absolute atomic E-state index is 11.3. The summed E-state index contributed by atoms with van der Waals surface area (Å²) >= 11 is 0. The van der Waals surface area contributed by atoms with Crippen molar-refractivity contribution in [2.45, 2.75) is 59.7 Å². The molecule has 0 spiro atoms. The fraction of sp³-hybridized carbons (Fsp3) is 0.714. The molecule has 1 aromatic rings. The smallest absolute Gasteiger partial charge is 0.310 e. The second-order valence-electron chi connectivity index (χ2n) is 5.99. The van der Waals surface area contributed by atoms with Gasteiger partial charge >= 0.3 is 5.97 Å². The van der Waals surface area contributed by atoms with E-state index in [2.05, 4.69) is 21.8 Å². The lowest BCUT2D eigenvalue weighted by atomic mass is 9.74. The van der Waals surface area contributed by atoms with E-state index in [9.17, 15) is 9.90 Å². The van der Waals surface area contributed by atoms with Crippen LogP contribution >= 0.6 is 0 Å². The Morgan fingerprint density at radius 2 is 2.05 bits per heavy atom. The Kier molecular flexibility index (Phi) is 4.74. The van der Waals surface area contributed by atoms with Crippen LogP contribution in [0.15, 0.2) is 12.5 Å². The first-order valence-corrected chi connectivity index (χ1v) is 6.70. The molecule has 0 unspecified atom stereocenters. The SMILES string of the molecule is CCCn1cncc1CNC(C)(C)C(C)(C)C(=O)O. The molecular formula is C14H25N3O2. The summed E-state index contributed by atoms with van der Waals surface area (Å²) in [5.41, 5.74) is -0.279. The lowest BCUT2D eigenvalue weighted by Crippen LogP contribution is -2.54. The van der Waals surface area contributed by atoms with E-state index in [1.165, 1.54) is 0 Å². The number of aromatic nitrogens is 2. The first kappa shape index (κ1) is 15.7. The molecule has 0 aliphatic carbocycles. The molecule has 0 radical (unpaired) electrons. The largest absolute Gasteiger partial charge is 0.481 e. The predicted molar refractivity (Wildman–Crippen MR) is 74.9 cm³/mol. The van der Waals surface area contributed by atoms with E-state index in [1.807, 2.05) is 26.4 Å². The van der Waals surface area contributed by atoms with Gasteiger partial charge in [-0.3, -0.25) is 4.79 Å². The van der Waals surface area contributed by atoms with Gasteiger partial charge in [0.2, 0.25) is 0 Å². The number of nitrogens with zero attached hydrogens (tertiary/aromatic N) is 2. The molecule has 0 fully saturated rings. The van der Waals surface area contributed by atoms with Crippen LogP contribution in [0.25, 0.3) is 0 Å². The Labute approximate surface area is 115 Å². The summed E-state index contributed by atoms with van der Waals surface area (Å²) < 4.78 is 2.09. The fourth-order valence-electron chi connectivity index (χ4n) is 1.74. The van der Waals surface area contributed by atoms with Gasteiger partial charge in [0.1, 0.15) is 0 Å². The highest BCUT2D eigenvalue weighted by Gasteiger charge is 2.43. The summed E-state index contributed by atoms with van der Waals surface area (Å²) in [6.07, 6.45) is 4.69. The van der Waals surface area contributed by atoms with Gasteiger partial charge < -0.3 is 15.0 Å². The lowest BCUT2D eigenvalue weighted by Gasteiger charge is -2.39. The lowest BCUT2D eigenvalue weighted by molar-refractivity contribution is -0.151. The molecule has 0 atom stereocenters. The van der Waals surface area contributed by atoms with E-state index in [1.54, 1.807) is 13.8 Å². The normalized spacial score (nSPS) is 12.7. The molecule has 1 aromatic heterocycles. The predicted octanol–water partition coefficient (Wildman–Crippen LogP) is 2.27. The van der Waals surface area contributed by atoms with Gasteiger partial charge in [0.15, 0.2) is 0 Å². The van der Waals surface area contributed by atoms with E-state index in [4.69, 9.17) is 0 Å². The van der Waals surface area contributed by atoms with E-state index < -0.39 is 16.9 Å². The van der Waals surface area contributed by atoms with Gasteiger partial charge in [-0.05, 0) is 34.1 Å². The van der Waals surface area contributed by atoms with Crippen LogP contribution in [0.2, 0.25) is 0 Å². The third kappa shape index (κ3) is 3.35. The summed E-state index contributed by atoms with van der Waals surface area (Å²) in [5, 5.41) is 12.7. The summed E-state index contributed by atoms with van der Waals surface area (Å²) in [7, 11) is 0. The molecule has 19 heavy (non-hydrogen) atoms. The number of aliphatic carboxylic acids is 1. The highest BCUT2D eigenvalue weighted by atomic mass is 16.4. The Balaban J connectivity index is 2.75. The minimum absolute atomic E-state index is 0.514. The first-order chi connectivity index (χ1) is 8.72. The van der Waals surface area contributed by atoms with Crippen molar-refractivity contribution in [2.75, 3.05) is 0 Å². The first-order valence-electron chi connectivity index (χ1n) is 6.70. The third-order valence-corrected chi connectivity index (χ3v) is 4.07. The van der Waals surface area contributed by atoms with Gasteiger partial charge in [-0.15, -0.1) is 0 Å². The molecule has 2 N–H and O–H groups in total. The number of hydrogen-bond donors (Lipinski definition) is 2. The number of aryl methyl sites for hydroxylation is 1. The molecule has 5 heteroatoms. The van der Waals surface area contributed by atoms with Crippen molar-refractivity contribution >= 4 is 5.97 Å². The van der Waals surface area contributed by atoms with Crippen LogP contribution in [0.5, 0.6) is 0 Å². The maximum atomic E-state index is 11.3. The van der Waals surface area contributed by atoms with Crippen molar-refractivity contribution in [1.82, 2.24) is 14.9 Å². The van der Waals surface area contributed by atoms with Gasteiger partial charge in [-0.1, -0.05) is 6.92 Å². The standard InChI is InChI=1S/C14H25N3O2/c1-6-7-17-10-15-8-11(17)9-16-14(4,5)13(2,3)12(18)19/h8,10,16H,6-7,9H2,1-5H3,(H,18,19). The van der Waals surface area contributed by atoms with Crippen molar-refractivity contribution < 1.29 is 9.90 Å².